The molecule has 2 aliphatic heterocycles. The molecule has 2 saturated heterocycles. The number of rotatable bonds is 3. The number of methoxy groups -OCH3 is 1. The molecular weight excluding hydrogens is 602 g/mol. The molecule has 45 heavy (non-hydrogen) atoms. The van der Waals surface area contributed by atoms with Crippen LogP contribution in [0, 0.1) is 11.6 Å². The average Bonchev–Trinajstić information content (AvgIpc) is 3.48. The van der Waals surface area contributed by atoms with Gasteiger partial charge in [-0.15, -0.1) is 0 Å². The number of benzene rings is 2. The summed E-state index contributed by atoms with van der Waals surface area (Å²) in [5, 5.41) is 1.28. The Morgan fingerprint density at radius 1 is 1.04 bits per heavy atom. The molecule has 0 saturated carbocycles. The number of carbonyl (C=O) groups excluding carboxylic acids is 1. The SMILES string of the molecule is CN1CCCC1.COc1nc(N2CCN(C(=O)OC(C)(C)C)C(C)C2)c2cnc(-c3cccc4ccc(F)c(Cl)c34)c(F)c2n1. The number of aromatic nitrogens is 3. The van der Waals surface area contributed by atoms with Gasteiger partial charge in [0.05, 0.1) is 17.5 Å². The minimum Gasteiger partial charge on any atom is -0.467 e. The molecule has 2 aromatic heterocycles. The Hall–Kier alpha value is -3.83. The summed E-state index contributed by atoms with van der Waals surface area (Å²) in [6.45, 7) is 11.3. The van der Waals surface area contributed by atoms with Crippen molar-refractivity contribution >= 4 is 45.2 Å². The van der Waals surface area contributed by atoms with Crippen LogP contribution in [0.5, 0.6) is 6.01 Å². The fourth-order valence-corrected chi connectivity index (χ4v) is 5.94. The maximum Gasteiger partial charge on any atom is 0.410 e. The summed E-state index contributed by atoms with van der Waals surface area (Å²) >= 11 is 6.29. The zero-order valence-electron chi connectivity index (χ0n) is 26.5. The van der Waals surface area contributed by atoms with Crippen molar-refractivity contribution in [3.63, 3.8) is 0 Å². The summed E-state index contributed by atoms with van der Waals surface area (Å²) in [6, 6.07) is 7.78. The zero-order valence-corrected chi connectivity index (χ0v) is 27.3. The van der Waals surface area contributed by atoms with Gasteiger partial charge in [-0.3, -0.25) is 4.98 Å². The molecule has 2 aromatic carbocycles. The maximum atomic E-state index is 16.1. The molecule has 4 heterocycles. The minimum atomic E-state index is -0.706. The summed E-state index contributed by atoms with van der Waals surface area (Å²) in [5.41, 5.74) is -0.273. The number of halogens is 3. The van der Waals surface area contributed by atoms with Crippen LogP contribution in [0.1, 0.15) is 40.5 Å². The number of fused-ring (bicyclic) bond motifs is 2. The van der Waals surface area contributed by atoms with Crippen molar-refractivity contribution < 1.29 is 23.0 Å². The summed E-state index contributed by atoms with van der Waals surface area (Å²) in [5.74, 6) is -0.876. The Bertz CT molecular complexity index is 1710. The van der Waals surface area contributed by atoms with Crippen LogP contribution in [-0.2, 0) is 4.74 Å². The van der Waals surface area contributed by atoms with Gasteiger partial charge in [-0.05, 0) is 72.1 Å². The van der Waals surface area contributed by atoms with Gasteiger partial charge in [-0.2, -0.15) is 9.97 Å². The first kappa shape index (κ1) is 32.6. The summed E-state index contributed by atoms with van der Waals surface area (Å²) in [4.78, 5) is 31.9. The molecule has 1 unspecified atom stereocenters. The first-order chi connectivity index (χ1) is 21.4. The van der Waals surface area contributed by atoms with Crippen LogP contribution in [0.25, 0.3) is 32.9 Å². The second-order valence-corrected chi connectivity index (χ2v) is 12.8. The van der Waals surface area contributed by atoms with Crippen molar-refractivity contribution in [1.82, 2.24) is 24.8 Å². The second kappa shape index (κ2) is 13.3. The number of ether oxygens (including phenoxy) is 2. The van der Waals surface area contributed by atoms with Gasteiger partial charge in [-0.25, -0.2) is 13.6 Å². The van der Waals surface area contributed by atoms with Crippen LogP contribution >= 0.6 is 11.6 Å². The van der Waals surface area contributed by atoms with E-state index in [1.165, 1.54) is 45.3 Å². The third-order valence-electron chi connectivity index (χ3n) is 7.90. The van der Waals surface area contributed by atoms with Gasteiger partial charge in [0.25, 0.3) is 0 Å². The lowest BCUT2D eigenvalue weighted by Gasteiger charge is -2.40. The standard InChI is InChI=1S/C28H28ClF2N5O3.C5H11N/c1-15-14-35(11-12-36(15)27(37)39-28(2,3)4)25-18-13-32-23(22(31)24(18)33-26(34-25)38-5)17-8-6-7-16-9-10-19(30)21(29)20(16)17;1-6-4-2-3-5-6/h6-10,13,15H,11-12,14H2,1-5H3;2-5H2,1H3. The maximum absolute atomic E-state index is 16.1. The average molecular weight is 641 g/mol. The molecule has 0 N–H and O–H groups in total. The molecule has 1 atom stereocenters. The van der Waals surface area contributed by atoms with Gasteiger partial charge in [0, 0.05) is 42.8 Å². The molecule has 0 radical (unpaired) electrons. The van der Waals surface area contributed by atoms with Gasteiger partial charge < -0.3 is 24.2 Å². The second-order valence-electron chi connectivity index (χ2n) is 12.5. The van der Waals surface area contributed by atoms with Crippen LogP contribution in [0.4, 0.5) is 19.4 Å². The Balaban J connectivity index is 0.000000598. The monoisotopic (exact) mass is 640 g/mol. The lowest BCUT2D eigenvalue weighted by Crippen LogP contribution is -2.55. The van der Waals surface area contributed by atoms with Gasteiger partial charge in [0.1, 0.15) is 28.4 Å². The number of nitrogens with zero attached hydrogens (tertiary/aromatic N) is 6. The zero-order chi connectivity index (χ0) is 32.5. The van der Waals surface area contributed by atoms with E-state index < -0.39 is 17.2 Å². The van der Waals surface area contributed by atoms with Crippen LogP contribution in [0.3, 0.4) is 0 Å². The van der Waals surface area contributed by atoms with E-state index in [2.05, 4.69) is 26.9 Å². The van der Waals surface area contributed by atoms with E-state index in [9.17, 15) is 9.18 Å². The van der Waals surface area contributed by atoms with Crippen LogP contribution < -0.4 is 9.64 Å². The molecule has 6 rings (SSSR count). The Kier molecular flexibility index (Phi) is 9.60. The molecule has 1 amide bonds. The Morgan fingerprint density at radius 2 is 1.78 bits per heavy atom. The molecule has 0 bridgehead atoms. The molecule has 2 fully saturated rings. The van der Waals surface area contributed by atoms with Gasteiger partial charge in [0.15, 0.2) is 5.82 Å². The van der Waals surface area contributed by atoms with E-state index in [-0.39, 0.29) is 34.4 Å². The van der Waals surface area contributed by atoms with Crippen molar-refractivity contribution in [2.75, 3.05) is 51.8 Å². The number of anilines is 1. The van der Waals surface area contributed by atoms with E-state index >= 15 is 4.39 Å². The van der Waals surface area contributed by atoms with Crippen LogP contribution in [0.2, 0.25) is 5.02 Å². The minimum absolute atomic E-state index is 0.00797. The quantitative estimate of drug-likeness (QED) is 0.238. The van der Waals surface area contributed by atoms with Crippen molar-refractivity contribution in [3.8, 4) is 17.3 Å². The first-order valence-corrected chi connectivity index (χ1v) is 15.5. The molecule has 2 aliphatic rings. The Morgan fingerprint density at radius 3 is 2.40 bits per heavy atom. The topological polar surface area (TPSA) is 83.9 Å². The predicted molar refractivity (Wildman–Crippen MR) is 173 cm³/mol. The smallest absolute Gasteiger partial charge is 0.410 e. The fourth-order valence-electron chi connectivity index (χ4n) is 5.67. The van der Waals surface area contributed by atoms with Gasteiger partial charge >= 0.3 is 12.1 Å². The molecule has 0 spiro atoms. The van der Waals surface area contributed by atoms with Gasteiger partial charge in [0.2, 0.25) is 0 Å². The number of pyridine rings is 1. The molecule has 9 nitrogen and oxygen atoms in total. The van der Waals surface area contributed by atoms with E-state index in [1.54, 1.807) is 29.2 Å². The summed E-state index contributed by atoms with van der Waals surface area (Å²) in [7, 11) is 3.58. The number of carbonyl (C=O) groups is 1. The highest BCUT2D eigenvalue weighted by atomic mass is 35.5. The molecule has 12 heteroatoms. The van der Waals surface area contributed by atoms with E-state index in [1.807, 2.05) is 32.6 Å². The normalized spacial score (nSPS) is 17.4. The highest BCUT2D eigenvalue weighted by molar-refractivity contribution is 6.36. The lowest BCUT2D eigenvalue weighted by atomic mass is 10.0. The van der Waals surface area contributed by atoms with Crippen LogP contribution in [-0.4, -0.2) is 89.4 Å². The number of amides is 1. The predicted octanol–water partition coefficient (Wildman–Crippen LogP) is 6.94. The van der Waals surface area contributed by atoms with Crippen molar-refractivity contribution in [3.05, 3.63) is 53.2 Å². The van der Waals surface area contributed by atoms with E-state index in [0.717, 1.165) is 0 Å². The van der Waals surface area contributed by atoms with Gasteiger partial charge in [-0.1, -0.05) is 35.9 Å². The van der Waals surface area contributed by atoms with Crippen LogP contribution in [0.15, 0.2) is 36.5 Å². The molecule has 4 aromatic rings. The summed E-state index contributed by atoms with van der Waals surface area (Å²) in [6.07, 6.45) is 3.94. The number of hydrogen-bond donors (Lipinski definition) is 0. The molecular formula is C33H39ClF2N6O3. The highest BCUT2D eigenvalue weighted by Crippen LogP contribution is 2.38. The Labute approximate surface area is 267 Å². The number of likely N-dealkylation sites (tertiary alicyclic amines) is 1. The van der Waals surface area contributed by atoms with E-state index in [4.69, 9.17) is 21.1 Å². The van der Waals surface area contributed by atoms with E-state index in [0.29, 0.717) is 47.2 Å². The highest BCUT2D eigenvalue weighted by Gasteiger charge is 2.33. The lowest BCUT2D eigenvalue weighted by molar-refractivity contribution is 0.0158. The van der Waals surface area contributed by atoms with Crippen molar-refractivity contribution in [1.29, 1.82) is 0 Å². The largest absolute Gasteiger partial charge is 0.467 e. The third-order valence-corrected chi connectivity index (χ3v) is 8.27. The number of hydrogen-bond acceptors (Lipinski definition) is 8. The van der Waals surface area contributed by atoms with Crippen molar-refractivity contribution in [2.24, 2.45) is 0 Å². The third kappa shape index (κ3) is 7.04. The fraction of sp³-hybridized carbons (Fsp3) is 0.455. The molecule has 0 aliphatic carbocycles. The molecule has 240 valence electrons. The summed E-state index contributed by atoms with van der Waals surface area (Å²) < 4.78 is 41.3. The first-order valence-electron chi connectivity index (χ1n) is 15.1. The van der Waals surface area contributed by atoms with Crippen molar-refractivity contribution in [2.45, 2.75) is 52.2 Å². The number of piperazine rings is 1.